The molecule has 0 aliphatic rings. The number of oxazole rings is 1. The highest BCUT2D eigenvalue weighted by molar-refractivity contribution is 7.94. The monoisotopic (exact) mass is 390 g/mol. The zero-order valence-corrected chi connectivity index (χ0v) is 14.9. The maximum atomic E-state index is 12.6. The topological polar surface area (TPSA) is 133 Å². The highest BCUT2D eigenvalue weighted by Gasteiger charge is 2.29. The third-order valence-electron chi connectivity index (χ3n) is 3.75. The fraction of sp³-hybridized carbons (Fsp3) is 0.118. The molecule has 0 radical (unpaired) electrons. The van der Waals surface area contributed by atoms with Crippen LogP contribution in [-0.2, 0) is 15.6 Å². The first-order valence-electron chi connectivity index (χ1n) is 7.63. The molecule has 140 valence electrons. The van der Waals surface area contributed by atoms with Crippen LogP contribution in [0.3, 0.4) is 0 Å². The van der Waals surface area contributed by atoms with Crippen LogP contribution in [0.1, 0.15) is 11.1 Å². The van der Waals surface area contributed by atoms with Gasteiger partial charge in [0, 0.05) is 6.08 Å². The normalized spacial score (nSPS) is 12.3. The van der Waals surface area contributed by atoms with Gasteiger partial charge >= 0.3 is 10.8 Å². The predicted molar refractivity (Wildman–Crippen MR) is 97.4 cm³/mol. The number of ether oxygens (including phenoxy) is 1. The summed E-state index contributed by atoms with van der Waals surface area (Å²) in [6.07, 6.45) is 0.948. The van der Waals surface area contributed by atoms with Crippen LogP contribution in [0.4, 0.5) is 0 Å². The van der Waals surface area contributed by atoms with Gasteiger partial charge in [0.25, 0.3) is 0 Å². The number of benzene rings is 2. The summed E-state index contributed by atoms with van der Waals surface area (Å²) in [6.45, 7) is 0. The van der Waals surface area contributed by atoms with Gasteiger partial charge in [0.15, 0.2) is 5.58 Å². The molecule has 0 spiro atoms. The minimum Gasteiger partial charge on any atom is -0.497 e. The van der Waals surface area contributed by atoms with Crippen LogP contribution >= 0.6 is 0 Å². The Bertz CT molecular complexity index is 1190. The van der Waals surface area contributed by atoms with Crippen molar-refractivity contribution in [3.63, 3.8) is 0 Å². The maximum absolute atomic E-state index is 12.6. The van der Waals surface area contributed by atoms with E-state index in [-0.39, 0.29) is 11.1 Å². The van der Waals surface area contributed by atoms with E-state index in [1.165, 1.54) is 37.4 Å². The minimum atomic E-state index is -4.21. The number of nitrogens with one attached hydrogen (secondary N) is 1. The van der Waals surface area contributed by atoms with Crippen molar-refractivity contribution in [2.45, 2.75) is 5.75 Å². The Labute approximate surface area is 153 Å². The third-order valence-corrected chi connectivity index (χ3v) is 5.37. The molecule has 0 atom stereocenters. The molecule has 1 aromatic heterocycles. The van der Waals surface area contributed by atoms with E-state index in [1.807, 2.05) is 0 Å². The molecule has 27 heavy (non-hydrogen) atoms. The Hall–Kier alpha value is -3.40. The quantitative estimate of drug-likeness (QED) is 0.504. The number of nitrogens with zero attached hydrogens (tertiary/aromatic N) is 1. The van der Waals surface area contributed by atoms with Crippen molar-refractivity contribution in [1.29, 1.82) is 0 Å². The standard InChI is InChI=1S/C17H14N2O7S/c1-25-13-5-2-11(3-6-13)10-27(23,24)16(19(21)22)9-12-4-7-15-14(8-12)18-17(20)26-15/h2-9H,10H2,1H3,(H,18,20)/b16-9-. The lowest BCUT2D eigenvalue weighted by atomic mass is 10.2. The fourth-order valence-electron chi connectivity index (χ4n) is 2.47. The molecule has 1 heterocycles. The first kappa shape index (κ1) is 18.4. The molecule has 0 fully saturated rings. The van der Waals surface area contributed by atoms with E-state index in [4.69, 9.17) is 9.15 Å². The number of aromatic nitrogens is 1. The molecule has 0 saturated heterocycles. The lowest BCUT2D eigenvalue weighted by molar-refractivity contribution is -0.410. The molecular weight excluding hydrogens is 376 g/mol. The molecule has 0 amide bonds. The molecule has 3 aromatic rings. The second kappa shape index (κ2) is 7.08. The Morgan fingerprint density at radius 2 is 1.96 bits per heavy atom. The number of hydrogen-bond acceptors (Lipinski definition) is 7. The lowest BCUT2D eigenvalue weighted by Crippen LogP contribution is -2.14. The molecule has 0 saturated carbocycles. The van der Waals surface area contributed by atoms with Crippen molar-refractivity contribution >= 4 is 27.0 Å². The van der Waals surface area contributed by atoms with Gasteiger partial charge in [-0.15, -0.1) is 0 Å². The fourth-order valence-corrected chi connectivity index (χ4v) is 3.80. The molecular formula is C17H14N2O7S. The van der Waals surface area contributed by atoms with Crippen molar-refractivity contribution in [2.75, 3.05) is 7.11 Å². The Morgan fingerprint density at radius 3 is 2.59 bits per heavy atom. The van der Waals surface area contributed by atoms with E-state index in [0.717, 1.165) is 6.08 Å². The van der Waals surface area contributed by atoms with Crippen LogP contribution in [0, 0.1) is 10.1 Å². The number of sulfone groups is 1. The van der Waals surface area contributed by atoms with Crippen LogP contribution in [0.25, 0.3) is 17.2 Å². The lowest BCUT2D eigenvalue weighted by Gasteiger charge is -2.04. The summed E-state index contributed by atoms with van der Waals surface area (Å²) in [4.78, 5) is 24.0. The van der Waals surface area contributed by atoms with Gasteiger partial charge in [-0.2, -0.15) is 0 Å². The van der Waals surface area contributed by atoms with E-state index in [9.17, 15) is 23.3 Å². The van der Waals surface area contributed by atoms with E-state index in [0.29, 0.717) is 16.8 Å². The number of aromatic amines is 1. The predicted octanol–water partition coefficient (Wildman–Crippen LogP) is 2.32. The molecule has 10 heteroatoms. The SMILES string of the molecule is COc1ccc(CS(=O)(=O)/C(=C\c2ccc3oc(=O)[nH]c3c2)[N+](=O)[O-])cc1. The molecule has 3 rings (SSSR count). The minimum absolute atomic E-state index is 0.240. The number of rotatable bonds is 6. The maximum Gasteiger partial charge on any atom is 0.417 e. The van der Waals surface area contributed by atoms with Gasteiger partial charge in [-0.3, -0.25) is 15.1 Å². The highest BCUT2D eigenvalue weighted by Crippen LogP contribution is 2.21. The van der Waals surface area contributed by atoms with Gasteiger partial charge in [0.2, 0.25) is 9.84 Å². The Morgan fingerprint density at radius 1 is 1.26 bits per heavy atom. The van der Waals surface area contributed by atoms with Crippen molar-refractivity contribution in [2.24, 2.45) is 0 Å². The van der Waals surface area contributed by atoms with Crippen LogP contribution < -0.4 is 10.5 Å². The van der Waals surface area contributed by atoms with E-state index < -0.39 is 31.3 Å². The van der Waals surface area contributed by atoms with Crippen LogP contribution in [0.2, 0.25) is 0 Å². The summed E-state index contributed by atoms with van der Waals surface area (Å²) < 4.78 is 34.9. The van der Waals surface area contributed by atoms with Crippen molar-refractivity contribution in [1.82, 2.24) is 4.98 Å². The number of methoxy groups -OCH3 is 1. The summed E-state index contributed by atoms with van der Waals surface area (Å²) in [5.41, 5.74) is 1.20. The Kier molecular flexibility index (Phi) is 4.82. The van der Waals surface area contributed by atoms with Crippen molar-refractivity contribution < 1.29 is 22.5 Å². The zero-order valence-electron chi connectivity index (χ0n) is 14.0. The van der Waals surface area contributed by atoms with Gasteiger partial charge in [-0.1, -0.05) is 18.2 Å². The smallest absolute Gasteiger partial charge is 0.417 e. The van der Waals surface area contributed by atoms with Gasteiger partial charge in [0.05, 0.1) is 23.3 Å². The van der Waals surface area contributed by atoms with Crippen molar-refractivity contribution in [3.8, 4) is 5.75 Å². The summed E-state index contributed by atoms with van der Waals surface area (Å²) in [6, 6.07) is 10.4. The molecule has 0 aliphatic carbocycles. The Balaban J connectivity index is 1.97. The number of hydrogen-bond donors (Lipinski definition) is 1. The zero-order chi connectivity index (χ0) is 19.6. The van der Waals surface area contributed by atoms with E-state index in [2.05, 4.69) is 4.98 Å². The van der Waals surface area contributed by atoms with Gasteiger partial charge < -0.3 is 9.15 Å². The van der Waals surface area contributed by atoms with Crippen LogP contribution in [0.5, 0.6) is 5.75 Å². The number of fused-ring (bicyclic) bond motifs is 1. The molecule has 0 aliphatic heterocycles. The summed E-state index contributed by atoms with van der Waals surface area (Å²) in [7, 11) is -2.74. The second-order valence-electron chi connectivity index (χ2n) is 5.62. The third kappa shape index (κ3) is 4.06. The average molecular weight is 390 g/mol. The van der Waals surface area contributed by atoms with Crippen LogP contribution in [-0.4, -0.2) is 25.4 Å². The van der Waals surface area contributed by atoms with Crippen molar-refractivity contribution in [3.05, 3.63) is 79.3 Å². The molecule has 2 aromatic carbocycles. The summed E-state index contributed by atoms with van der Waals surface area (Å²) in [5, 5.41) is 10.4. The first-order chi connectivity index (χ1) is 12.8. The number of H-pyrrole nitrogens is 1. The van der Waals surface area contributed by atoms with Gasteiger partial charge in [0.1, 0.15) is 5.75 Å². The number of nitro groups is 1. The highest BCUT2D eigenvalue weighted by atomic mass is 32.2. The van der Waals surface area contributed by atoms with Gasteiger partial charge in [-0.25, -0.2) is 13.2 Å². The molecule has 1 N–H and O–H groups in total. The molecule has 9 nitrogen and oxygen atoms in total. The largest absolute Gasteiger partial charge is 0.497 e. The second-order valence-corrected chi connectivity index (χ2v) is 7.55. The van der Waals surface area contributed by atoms with Gasteiger partial charge in [-0.05, 0) is 35.4 Å². The summed E-state index contributed by atoms with van der Waals surface area (Å²) >= 11 is 0. The first-order valence-corrected chi connectivity index (χ1v) is 9.28. The molecule has 0 bridgehead atoms. The van der Waals surface area contributed by atoms with E-state index in [1.54, 1.807) is 12.1 Å². The average Bonchev–Trinajstić information content (AvgIpc) is 2.98. The molecule has 0 unspecified atom stereocenters. The summed E-state index contributed by atoms with van der Waals surface area (Å²) in [5.74, 6) is -0.662. The van der Waals surface area contributed by atoms with Crippen LogP contribution in [0.15, 0.2) is 56.7 Å². The van der Waals surface area contributed by atoms with E-state index >= 15 is 0 Å².